The topological polar surface area (TPSA) is 0 Å². The van der Waals surface area contributed by atoms with E-state index in [9.17, 15) is 0 Å². The van der Waals surface area contributed by atoms with Gasteiger partial charge in [0.15, 0.2) is 0 Å². The number of alkyl halides is 1. The van der Waals surface area contributed by atoms with Crippen LogP contribution in [0.5, 0.6) is 0 Å². The molecule has 28 heavy (non-hydrogen) atoms. The summed E-state index contributed by atoms with van der Waals surface area (Å²) in [5.74, 6) is 0. The molecule has 1 heteroatoms. The molecule has 0 fully saturated rings. The molecule has 1 unspecified atom stereocenters. The third-order valence-electron chi connectivity index (χ3n) is 6.35. The molecule has 144 valence electrons. The molecule has 1 atom stereocenters. The Hall–Kier alpha value is -1.61. The van der Waals surface area contributed by atoms with Gasteiger partial charge in [-0.3, -0.25) is 0 Å². The minimum atomic E-state index is 0.0382. The second-order valence-corrected chi connectivity index (χ2v) is 10.0. The molecule has 0 saturated heterocycles. The van der Waals surface area contributed by atoms with E-state index in [-0.39, 0.29) is 5.41 Å². The monoisotopic (exact) mass is 480 g/mol. The first-order valence-electron chi connectivity index (χ1n) is 10.4. The van der Waals surface area contributed by atoms with Crippen LogP contribution in [0, 0.1) is 0 Å². The van der Waals surface area contributed by atoms with Gasteiger partial charge in [0, 0.05) is 9.34 Å². The quantitative estimate of drug-likeness (QED) is 0.307. The maximum Gasteiger partial charge on any atom is 0.0292 e. The van der Waals surface area contributed by atoms with Gasteiger partial charge in [-0.2, -0.15) is 0 Å². The summed E-state index contributed by atoms with van der Waals surface area (Å²) in [5.41, 5.74) is 11.4. The van der Waals surface area contributed by atoms with Gasteiger partial charge < -0.3 is 0 Å². The average molecular weight is 480 g/mol. The Morgan fingerprint density at radius 2 is 1.96 bits per heavy atom. The van der Waals surface area contributed by atoms with Crippen LogP contribution in [0.3, 0.4) is 0 Å². The summed E-state index contributed by atoms with van der Waals surface area (Å²) in [4.78, 5) is 0. The lowest BCUT2D eigenvalue weighted by Crippen LogP contribution is -2.16. The number of fused-ring (bicyclic) bond motifs is 2. The van der Waals surface area contributed by atoms with Crippen molar-refractivity contribution in [1.29, 1.82) is 0 Å². The van der Waals surface area contributed by atoms with E-state index in [0.717, 1.165) is 12.8 Å². The van der Waals surface area contributed by atoms with Crippen LogP contribution in [0.2, 0.25) is 0 Å². The largest absolute Gasteiger partial charge is 0.0836 e. The van der Waals surface area contributed by atoms with Crippen molar-refractivity contribution < 1.29 is 0 Å². The van der Waals surface area contributed by atoms with Gasteiger partial charge >= 0.3 is 0 Å². The number of benzene rings is 2. The van der Waals surface area contributed by atoms with E-state index in [0.29, 0.717) is 3.92 Å². The third kappa shape index (κ3) is 3.22. The molecule has 0 amide bonds. The second-order valence-electron chi connectivity index (χ2n) is 8.41. The summed E-state index contributed by atoms with van der Waals surface area (Å²) in [6, 6.07) is 13.9. The number of allylic oxidation sites excluding steroid dienone is 5. The Morgan fingerprint density at radius 1 is 1.14 bits per heavy atom. The number of aryl methyl sites for hydroxylation is 1. The van der Waals surface area contributed by atoms with Gasteiger partial charge in [0.05, 0.1) is 0 Å². The Balaban J connectivity index is 1.87. The molecule has 2 aliphatic rings. The standard InChI is InChI=1S/C27H29I/c1-5-20(28)17-26-21(6-2)24-15-14-19(16-25(24)27(26,3)4)23-13-9-11-18-10-7-8-12-22(18)23/h6,8-9,11-17,20H,5,7,10H2,1-4H3/b21-6?,26-17+. The SMILES string of the molecule is CC=C1/C(=C\C(I)CC)C(C)(C)c2cc(-c3cccc4c3C=CCC4)ccc21. The first-order chi connectivity index (χ1) is 13.5. The average Bonchev–Trinajstić information content (AvgIpc) is 2.93. The van der Waals surface area contributed by atoms with E-state index in [1.165, 1.54) is 50.9 Å². The minimum absolute atomic E-state index is 0.0382. The molecule has 0 aromatic heterocycles. The molecule has 0 spiro atoms. The molecule has 0 bridgehead atoms. The first-order valence-corrected chi connectivity index (χ1v) is 11.7. The first kappa shape index (κ1) is 19.7. The summed E-state index contributed by atoms with van der Waals surface area (Å²) in [6.45, 7) is 9.21. The van der Waals surface area contributed by atoms with Crippen molar-refractivity contribution >= 4 is 34.2 Å². The normalized spacial score (nSPS) is 21.0. The fourth-order valence-corrected chi connectivity index (χ4v) is 5.08. The zero-order valence-electron chi connectivity index (χ0n) is 17.4. The van der Waals surface area contributed by atoms with Gasteiger partial charge in [0.1, 0.15) is 0 Å². The number of halogens is 1. The fourth-order valence-electron chi connectivity index (χ4n) is 4.72. The highest BCUT2D eigenvalue weighted by Gasteiger charge is 2.38. The second kappa shape index (κ2) is 7.67. The third-order valence-corrected chi connectivity index (χ3v) is 7.59. The van der Waals surface area contributed by atoms with Crippen LogP contribution >= 0.6 is 22.6 Å². The highest BCUT2D eigenvalue weighted by molar-refractivity contribution is 14.1. The molecule has 4 rings (SSSR count). The number of hydrogen-bond donors (Lipinski definition) is 0. The van der Waals surface area contributed by atoms with Crippen LogP contribution in [-0.4, -0.2) is 3.92 Å². The van der Waals surface area contributed by atoms with E-state index in [1.54, 1.807) is 0 Å². The van der Waals surface area contributed by atoms with E-state index in [4.69, 9.17) is 0 Å². The highest BCUT2D eigenvalue weighted by Crippen LogP contribution is 2.51. The molecule has 0 nitrogen and oxygen atoms in total. The molecular formula is C27H29I. The lowest BCUT2D eigenvalue weighted by molar-refractivity contribution is 0.657. The van der Waals surface area contributed by atoms with Crippen LogP contribution < -0.4 is 0 Å². The zero-order chi connectivity index (χ0) is 19.9. The number of rotatable bonds is 3. The van der Waals surface area contributed by atoms with E-state index < -0.39 is 0 Å². The predicted octanol–water partition coefficient (Wildman–Crippen LogP) is 8.15. The highest BCUT2D eigenvalue weighted by atomic mass is 127. The van der Waals surface area contributed by atoms with Gasteiger partial charge in [-0.15, -0.1) is 0 Å². The molecule has 2 aromatic rings. The Bertz CT molecular complexity index is 1000. The molecule has 0 N–H and O–H groups in total. The summed E-state index contributed by atoms with van der Waals surface area (Å²) in [5, 5.41) is 0. The van der Waals surface area contributed by atoms with Crippen molar-refractivity contribution in [3.8, 4) is 11.1 Å². The minimum Gasteiger partial charge on any atom is -0.0836 e. The van der Waals surface area contributed by atoms with E-state index >= 15 is 0 Å². The lowest BCUT2D eigenvalue weighted by atomic mass is 9.80. The summed E-state index contributed by atoms with van der Waals surface area (Å²) < 4.78 is 0.571. The van der Waals surface area contributed by atoms with Crippen molar-refractivity contribution in [2.24, 2.45) is 0 Å². The predicted molar refractivity (Wildman–Crippen MR) is 132 cm³/mol. The zero-order valence-corrected chi connectivity index (χ0v) is 19.5. The molecule has 0 heterocycles. The van der Waals surface area contributed by atoms with Gasteiger partial charge in [0.25, 0.3) is 0 Å². The maximum absolute atomic E-state index is 2.57. The Kier molecular flexibility index (Phi) is 5.39. The van der Waals surface area contributed by atoms with Gasteiger partial charge in [0.2, 0.25) is 0 Å². The molecule has 0 radical (unpaired) electrons. The maximum atomic E-state index is 2.57. The van der Waals surface area contributed by atoms with Crippen LogP contribution in [0.1, 0.15) is 62.8 Å². The van der Waals surface area contributed by atoms with Crippen molar-refractivity contribution in [3.63, 3.8) is 0 Å². The van der Waals surface area contributed by atoms with Crippen molar-refractivity contribution in [2.75, 3.05) is 0 Å². The summed E-state index contributed by atoms with van der Waals surface area (Å²) >= 11 is 2.57. The smallest absolute Gasteiger partial charge is 0.0292 e. The molecule has 0 saturated carbocycles. The van der Waals surface area contributed by atoms with E-state index in [2.05, 4.69) is 111 Å². The van der Waals surface area contributed by atoms with Crippen molar-refractivity contribution in [2.45, 2.75) is 56.3 Å². The molecule has 2 aromatic carbocycles. The number of hydrogen-bond acceptors (Lipinski definition) is 0. The van der Waals surface area contributed by atoms with E-state index in [1.807, 2.05) is 0 Å². The van der Waals surface area contributed by atoms with Crippen LogP contribution in [0.25, 0.3) is 22.8 Å². The molecular weight excluding hydrogens is 451 g/mol. The molecule has 2 aliphatic carbocycles. The van der Waals surface area contributed by atoms with Crippen molar-refractivity contribution in [1.82, 2.24) is 0 Å². The Morgan fingerprint density at radius 3 is 2.71 bits per heavy atom. The van der Waals surface area contributed by atoms with Gasteiger partial charge in [-0.25, -0.2) is 0 Å². The summed E-state index contributed by atoms with van der Waals surface area (Å²) in [7, 11) is 0. The molecule has 0 aliphatic heterocycles. The Labute approximate surface area is 183 Å². The van der Waals surface area contributed by atoms with Gasteiger partial charge in [-0.05, 0) is 76.8 Å². The van der Waals surface area contributed by atoms with Crippen LogP contribution in [0.15, 0.2) is 60.2 Å². The van der Waals surface area contributed by atoms with Crippen molar-refractivity contribution in [3.05, 3.63) is 82.5 Å². The van der Waals surface area contributed by atoms with Gasteiger partial charge in [-0.1, -0.05) is 98.0 Å². The van der Waals surface area contributed by atoms with Crippen LogP contribution in [0.4, 0.5) is 0 Å². The lowest BCUT2D eigenvalue weighted by Gasteiger charge is -2.24. The fraction of sp³-hybridized carbons (Fsp3) is 0.333. The summed E-state index contributed by atoms with van der Waals surface area (Å²) in [6.07, 6.45) is 12.9. The van der Waals surface area contributed by atoms with Crippen LogP contribution in [-0.2, 0) is 11.8 Å².